The molecule has 88 valence electrons. The van der Waals surface area contributed by atoms with Gasteiger partial charge in [0.05, 0.1) is 0 Å². The first kappa shape index (κ1) is 14.5. The molecule has 0 aromatic heterocycles. The maximum absolute atomic E-state index is 5.61. The van der Waals surface area contributed by atoms with E-state index in [1.54, 1.807) is 6.20 Å². The molecule has 2 nitrogen and oxygen atoms in total. The Morgan fingerprint density at radius 2 is 2.00 bits per heavy atom. The molecule has 0 atom stereocenters. The summed E-state index contributed by atoms with van der Waals surface area (Å²) in [6.07, 6.45) is 2.71. The number of hydrogen-bond donors (Lipinski definition) is 0. The summed E-state index contributed by atoms with van der Waals surface area (Å²) < 4.78 is 5.61. The molecule has 0 fully saturated rings. The van der Waals surface area contributed by atoms with E-state index in [9.17, 15) is 0 Å². The van der Waals surface area contributed by atoms with Crippen molar-refractivity contribution in [2.24, 2.45) is 0 Å². The number of ether oxygens (including phenoxy) is 1. The molecule has 0 aromatic carbocycles. The Morgan fingerprint density at radius 1 is 1.40 bits per heavy atom. The second-order valence-electron chi connectivity index (χ2n) is 4.92. The second-order valence-corrected chi connectivity index (χ2v) is 10.5. The molecule has 0 aliphatic rings. The number of nitrogens with zero attached hydrogens (tertiary/aromatic N) is 1. The van der Waals surface area contributed by atoms with Crippen molar-refractivity contribution in [3.8, 4) is 0 Å². The highest BCUT2D eigenvalue weighted by Gasteiger charge is 2.12. The largest absolute Gasteiger partial charge is 0.361 e. The lowest BCUT2D eigenvalue weighted by molar-refractivity contribution is 0.0775. The SMILES string of the molecule is C=CN(COCC[Si](C)(C)C)C(=C)CC. The molecule has 0 aliphatic carbocycles. The third kappa shape index (κ3) is 7.39. The van der Waals surface area contributed by atoms with Gasteiger partial charge in [-0.15, -0.1) is 0 Å². The van der Waals surface area contributed by atoms with E-state index in [1.165, 1.54) is 6.04 Å². The maximum Gasteiger partial charge on any atom is 0.122 e. The van der Waals surface area contributed by atoms with E-state index in [2.05, 4.69) is 39.7 Å². The first-order valence-corrected chi connectivity index (χ1v) is 9.26. The van der Waals surface area contributed by atoms with Crippen LogP contribution in [0.1, 0.15) is 13.3 Å². The summed E-state index contributed by atoms with van der Waals surface area (Å²) in [4.78, 5) is 1.96. The minimum absolute atomic E-state index is 0.584. The van der Waals surface area contributed by atoms with Crippen molar-refractivity contribution in [3.05, 3.63) is 25.1 Å². The van der Waals surface area contributed by atoms with Crippen LogP contribution in [0.2, 0.25) is 25.7 Å². The summed E-state index contributed by atoms with van der Waals surface area (Å²) in [7, 11) is -0.967. The Bertz CT molecular complexity index is 208. The Balaban J connectivity index is 3.74. The van der Waals surface area contributed by atoms with E-state index in [0.717, 1.165) is 18.7 Å². The molecule has 0 rings (SSSR count). The molecule has 3 heteroatoms. The zero-order valence-corrected chi connectivity index (χ0v) is 11.7. The predicted octanol–water partition coefficient (Wildman–Crippen LogP) is 3.67. The lowest BCUT2D eigenvalue weighted by Gasteiger charge is -2.22. The molecule has 0 unspecified atom stereocenters. The van der Waals surface area contributed by atoms with Crippen LogP contribution in [0.4, 0.5) is 0 Å². The molecular weight excluding hydrogens is 202 g/mol. The summed E-state index contributed by atoms with van der Waals surface area (Å²) in [5.41, 5.74) is 1.05. The zero-order valence-electron chi connectivity index (χ0n) is 10.7. The molecule has 0 saturated carbocycles. The average Bonchev–Trinajstić information content (AvgIpc) is 2.15. The minimum atomic E-state index is -0.967. The van der Waals surface area contributed by atoms with E-state index in [-0.39, 0.29) is 0 Å². The van der Waals surface area contributed by atoms with Crippen molar-refractivity contribution in [1.82, 2.24) is 4.90 Å². The minimum Gasteiger partial charge on any atom is -0.361 e. The lowest BCUT2D eigenvalue weighted by atomic mass is 10.3. The Hall–Kier alpha value is -0.543. The van der Waals surface area contributed by atoms with E-state index in [4.69, 9.17) is 4.74 Å². The van der Waals surface area contributed by atoms with Gasteiger partial charge in [-0.3, -0.25) is 0 Å². The lowest BCUT2D eigenvalue weighted by Crippen LogP contribution is -2.24. The van der Waals surface area contributed by atoms with Gasteiger partial charge in [-0.05, 0) is 18.7 Å². The Labute approximate surface area is 95.6 Å². The van der Waals surface area contributed by atoms with Crippen molar-refractivity contribution in [2.45, 2.75) is 39.0 Å². The standard InChI is InChI=1S/C12H25NOSi/c1-7-12(3)13(8-2)11-14-9-10-15(4,5)6/h8H,2-3,7,9-11H2,1,4-6H3. The van der Waals surface area contributed by atoms with Crippen LogP contribution >= 0.6 is 0 Å². The summed E-state index contributed by atoms with van der Waals surface area (Å²) in [5.74, 6) is 0. The van der Waals surface area contributed by atoms with Gasteiger partial charge in [0.15, 0.2) is 0 Å². The van der Waals surface area contributed by atoms with Crippen LogP contribution in [0.3, 0.4) is 0 Å². The van der Waals surface area contributed by atoms with Gasteiger partial charge in [0, 0.05) is 20.4 Å². The molecule has 15 heavy (non-hydrogen) atoms. The van der Waals surface area contributed by atoms with Crippen LogP contribution in [0.15, 0.2) is 25.1 Å². The van der Waals surface area contributed by atoms with E-state index in [1.807, 2.05) is 4.90 Å². The maximum atomic E-state index is 5.61. The van der Waals surface area contributed by atoms with Crippen molar-refractivity contribution in [3.63, 3.8) is 0 Å². The van der Waals surface area contributed by atoms with Crippen LogP contribution in [-0.4, -0.2) is 26.3 Å². The van der Waals surface area contributed by atoms with Gasteiger partial charge in [0.1, 0.15) is 6.73 Å². The van der Waals surface area contributed by atoms with Gasteiger partial charge in [-0.2, -0.15) is 0 Å². The molecule has 0 bridgehead atoms. The highest BCUT2D eigenvalue weighted by molar-refractivity contribution is 6.76. The van der Waals surface area contributed by atoms with Crippen LogP contribution < -0.4 is 0 Å². The molecule has 0 saturated heterocycles. The first-order valence-electron chi connectivity index (χ1n) is 5.55. The number of rotatable bonds is 8. The van der Waals surface area contributed by atoms with Crippen molar-refractivity contribution < 1.29 is 4.74 Å². The van der Waals surface area contributed by atoms with Crippen LogP contribution in [0.5, 0.6) is 0 Å². The van der Waals surface area contributed by atoms with Crippen molar-refractivity contribution in [2.75, 3.05) is 13.3 Å². The monoisotopic (exact) mass is 227 g/mol. The van der Waals surface area contributed by atoms with Crippen LogP contribution in [0, 0.1) is 0 Å². The highest BCUT2D eigenvalue weighted by Crippen LogP contribution is 2.09. The molecular formula is C12H25NOSi. The second kappa shape index (κ2) is 6.85. The molecule has 0 amide bonds. The average molecular weight is 227 g/mol. The van der Waals surface area contributed by atoms with Gasteiger partial charge in [0.2, 0.25) is 0 Å². The fourth-order valence-corrected chi connectivity index (χ4v) is 1.77. The molecule has 0 radical (unpaired) electrons. The normalized spacial score (nSPS) is 11.2. The predicted molar refractivity (Wildman–Crippen MR) is 70.4 cm³/mol. The third-order valence-corrected chi connectivity index (χ3v) is 3.97. The van der Waals surface area contributed by atoms with Gasteiger partial charge in [-0.25, -0.2) is 0 Å². The molecule has 0 heterocycles. The van der Waals surface area contributed by atoms with Gasteiger partial charge < -0.3 is 9.64 Å². The Kier molecular flexibility index (Phi) is 6.60. The smallest absolute Gasteiger partial charge is 0.122 e. The zero-order chi connectivity index (χ0) is 11.9. The van der Waals surface area contributed by atoms with Crippen molar-refractivity contribution >= 4 is 8.07 Å². The molecule has 0 spiro atoms. The van der Waals surface area contributed by atoms with E-state index < -0.39 is 8.07 Å². The molecule has 0 N–H and O–H groups in total. The van der Waals surface area contributed by atoms with Crippen LogP contribution in [-0.2, 0) is 4.74 Å². The fraction of sp³-hybridized carbons (Fsp3) is 0.667. The molecule has 0 aliphatic heterocycles. The van der Waals surface area contributed by atoms with Crippen molar-refractivity contribution in [1.29, 1.82) is 0 Å². The highest BCUT2D eigenvalue weighted by atomic mass is 28.3. The van der Waals surface area contributed by atoms with E-state index >= 15 is 0 Å². The number of allylic oxidation sites excluding steroid dienone is 1. The summed E-state index contributed by atoms with van der Waals surface area (Å²) >= 11 is 0. The van der Waals surface area contributed by atoms with E-state index in [0.29, 0.717) is 6.73 Å². The Morgan fingerprint density at radius 3 is 2.40 bits per heavy atom. The van der Waals surface area contributed by atoms with Gasteiger partial charge in [-0.1, -0.05) is 39.7 Å². The first-order chi connectivity index (χ1) is 6.90. The molecule has 0 aromatic rings. The van der Waals surface area contributed by atoms with Crippen LogP contribution in [0.25, 0.3) is 0 Å². The van der Waals surface area contributed by atoms with Gasteiger partial charge >= 0.3 is 0 Å². The third-order valence-electron chi connectivity index (χ3n) is 2.26. The fourth-order valence-electron chi connectivity index (χ4n) is 1.02. The number of hydrogen-bond acceptors (Lipinski definition) is 2. The summed E-state index contributed by atoms with van der Waals surface area (Å²) in [6.45, 7) is 18.3. The quantitative estimate of drug-likeness (QED) is 0.356. The van der Waals surface area contributed by atoms with Gasteiger partial charge in [0.25, 0.3) is 0 Å². The summed E-state index contributed by atoms with van der Waals surface area (Å²) in [5, 5.41) is 0. The summed E-state index contributed by atoms with van der Waals surface area (Å²) in [6, 6.07) is 1.20. The topological polar surface area (TPSA) is 12.5 Å².